The van der Waals surface area contributed by atoms with E-state index >= 15 is 0 Å². The quantitative estimate of drug-likeness (QED) is 0.652. The van der Waals surface area contributed by atoms with Crippen LogP contribution in [0.3, 0.4) is 0 Å². The monoisotopic (exact) mass is 306 g/mol. The summed E-state index contributed by atoms with van der Waals surface area (Å²) in [6, 6.07) is 2.01. The lowest BCUT2D eigenvalue weighted by atomic mass is 10.1. The van der Waals surface area contributed by atoms with Gasteiger partial charge in [-0.1, -0.05) is 0 Å². The van der Waals surface area contributed by atoms with Crippen molar-refractivity contribution in [3.63, 3.8) is 0 Å². The molecule has 0 bridgehead atoms. The van der Waals surface area contributed by atoms with E-state index in [9.17, 15) is 15.5 Å². The first-order valence-electron chi connectivity index (χ1n) is 6.54. The Morgan fingerprint density at radius 1 is 1.41 bits per heavy atom. The Balaban J connectivity index is 2.15. The number of aromatic nitrogens is 3. The van der Waals surface area contributed by atoms with Crippen molar-refractivity contribution in [3.05, 3.63) is 18.1 Å². The second-order valence-corrected chi connectivity index (χ2v) is 4.87. The lowest BCUT2D eigenvalue weighted by Crippen LogP contribution is -2.33. The summed E-state index contributed by atoms with van der Waals surface area (Å²) in [5.41, 5.74) is 0.587. The molecule has 1 fully saturated rings. The minimum atomic E-state index is -1.26. The van der Waals surface area contributed by atoms with Gasteiger partial charge >= 0.3 is 0 Å². The zero-order valence-electron chi connectivity index (χ0n) is 11.6. The average Bonchev–Trinajstić information content (AvgIpc) is 3.06. The van der Waals surface area contributed by atoms with Gasteiger partial charge < -0.3 is 29.4 Å². The number of hydrogen-bond acceptors (Lipinski definition) is 8. The van der Waals surface area contributed by atoms with Gasteiger partial charge in [0.05, 0.1) is 24.7 Å². The summed E-state index contributed by atoms with van der Waals surface area (Å²) in [4.78, 5) is 8.05. The molecule has 1 unspecified atom stereocenters. The summed E-state index contributed by atoms with van der Waals surface area (Å²) >= 11 is 0. The molecule has 0 spiro atoms. The van der Waals surface area contributed by atoms with Crippen LogP contribution in [0.2, 0.25) is 0 Å². The summed E-state index contributed by atoms with van der Waals surface area (Å²) in [5.74, 6) is 0.229. The van der Waals surface area contributed by atoms with Crippen LogP contribution in [0.25, 0.3) is 11.0 Å². The molecule has 9 nitrogen and oxygen atoms in total. The number of nitriles is 1. The molecule has 3 N–H and O–H groups in total. The Morgan fingerprint density at radius 3 is 2.77 bits per heavy atom. The minimum Gasteiger partial charge on any atom is -0.480 e. The van der Waals surface area contributed by atoms with Crippen LogP contribution >= 0.6 is 0 Å². The van der Waals surface area contributed by atoms with Crippen molar-refractivity contribution in [1.29, 1.82) is 5.26 Å². The molecular weight excluding hydrogens is 292 g/mol. The Bertz CT molecular complexity index is 740. The van der Waals surface area contributed by atoms with E-state index in [1.807, 2.05) is 6.07 Å². The zero-order valence-corrected chi connectivity index (χ0v) is 11.6. The van der Waals surface area contributed by atoms with Gasteiger partial charge in [0, 0.05) is 6.20 Å². The van der Waals surface area contributed by atoms with Crippen LogP contribution in [-0.2, 0) is 4.74 Å². The van der Waals surface area contributed by atoms with Gasteiger partial charge in [0.25, 0.3) is 0 Å². The van der Waals surface area contributed by atoms with Gasteiger partial charge in [0.1, 0.15) is 30.7 Å². The molecule has 2 aromatic rings. The van der Waals surface area contributed by atoms with Gasteiger partial charge in [-0.05, 0) is 0 Å². The number of ether oxygens (including phenoxy) is 2. The standard InChI is InChI=1S/C13H14N4O5/c1-21-12-8-6(2-14)3-17(11(8)15-5-16-12)13-10(20)9(19)7(4-18)22-13/h3,5,7,9-10,13,18-20H,4H2,1H3/t7-,9-,10-,13?/m1/s1. The number of methoxy groups -OCH3 is 1. The molecule has 0 amide bonds. The highest BCUT2D eigenvalue weighted by atomic mass is 16.6. The second-order valence-electron chi connectivity index (χ2n) is 4.87. The Labute approximate surface area is 125 Å². The zero-order chi connectivity index (χ0) is 15.9. The van der Waals surface area contributed by atoms with Gasteiger partial charge in [0.15, 0.2) is 11.9 Å². The topological polar surface area (TPSA) is 134 Å². The summed E-state index contributed by atoms with van der Waals surface area (Å²) in [7, 11) is 1.42. The number of aliphatic hydroxyl groups excluding tert-OH is 3. The summed E-state index contributed by atoms with van der Waals surface area (Å²) < 4.78 is 12.0. The van der Waals surface area contributed by atoms with E-state index in [0.29, 0.717) is 11.0 Å². The first-order chi connectivity index (χ1) is 10.6. The van der Waals surface area contributed by atoms with Gasteiger partial charge in [0.2, 0.25) is 5.88 Å². The molecule has 3 rings (SSSR count). The lowest BCUT2D eigenvalue weighted by Gasteiger charge is -2.17. The van der Waals surface area contributed by atoms with E-state index < -0.39 is 31.1 Å². The molecule has 9 heteroatoms. The van der Waals surface area contributed by atoms with E-state index in [2.05, 4.69) is 9.97 Å². The average molecular weight is 306 g/mol. The highest BCUT2D eigenvalue weighted by Crippen LogP contribution is 2.35. The highest BCUT2D eigenvalue weighted by molar-refractivity contribution is 5.87. The van der Waals surface area contributed by atoms with Crippen LogP contribution in [0.5, 0.6) is 5.88 Å². The highest BCUT2D eigenvalue weighted by Gasteiger charge is 2.44. The summed E-state index contributed by atoms with van der Waals surface area (Å²) in [6.07, 6.45) is -1.67. The number of rotatable bonds is 3. The molecule has 22 heavy (non-hydrogen) atoms. The third-order valence-electron chi connectivity index (χ3n) is 3.68. The molecule has 0 saturated carbocycles. The van der Waals surface area contributed by atoms with Crippen LogP contribution in [0, 0.1) is 11.3 Å². The molecule has 2 aromatic heterocycles. The van der Waals surface area contributed by atoms with E-state index in [1.165, 1.54) is 24.2 Å². The maximum absolute atomic E-state index is 10.1. The third-order valence-corrected chi connectivity index (χ3v) is 3.68. The molecule has 3 heterocycles. The maximum Gasteiger partial charge on any atom is 0.227 e. The van der Waals surface area contributed by atoms with Gasteiger partial charge in [-0.3, -0.25) is 0 Å². The third kappa shape index (κ3) is 2.01. The van der Waals surface area contributed by atoms with Crippen molar-refractivity contribution in [2.75, 3.05) is 13.7 Å². The number of hydrogen-bond donors (Lipinski definition) is 3. The van der Waals surface area contributed by atoms with Crippen LogP contribution in [0.15, 0.2) is 12.5 Å². The van der Waals surface area contributed by atoms with Crippen LogP contribution < -0.4 is 4.74 Å². The molecule has 0 aliphatic carbocycles. The lowest BCUT2D eigenvalue weighted by molar-refractivity contribution is -0.0508. The smallest absolute Gasteiger partial charge is 0.227 e. The minimum absolute atomic E-state index is 0.229. The summed E-state index contributed by atoms with van der Waals surface area (Å²) in [6.45, 7) is -0.433. The molecule has 116 valence electrons. The molecule has 1 saturated heterocycles. The first-order valence-corrected chi connectivity index (χ1v) is 6.54. The van der Waals surface area contributed by atoms with Crippen molar-refractivity contribution in [1.82, 2.24) is 14.5 Å². The fraction of sp³-hybridized carbons (Fsp3) is 0.462. The van der Waals surface area contributed by atoms with E-state index in [-0.39, 0.29) is 11.4 Å². The predicted molar refractivity (Wildman–Crippen MR) is 71.8 cm³/mol. The molecule has 0 radical (unpaired) electrons. The number of aliphatic hydroxyl groups is 3. The fourth-order valence-corrected chi connectivity index (χ4v) is 2.60. The Kier molecular flexibility index (Phi) is 3.67. The van der Waals surface area contributed by atoms with Crippen molar-refractivity contribution in [2.24, 2.45) is 0 Å². The largest absolute Gasteiger partial charge is 0.480 e. The Morgan fingerprint density at radius 2 is 2.18 bits per heavy atom. The Hall–Kier alpha value is -2.25. The van der Waals surface area contributed by atoms with Crippen molar-refractivity contribution in [2.45, 2.75) is 24.5 Å². The van der Waals surface area contributed by atoms with Crippen molar-refractivity contribution < 1.29 is 24.8 Å². The maximum atomic E-state index is 10.1. The molecule has 1 aliphatic heterocycles. The first kappa shape index (κ1) is 14.7. The number of fused-ring (bicyclic) bond motifs is 1. The fourth-order valence-electron chi connectivity index (χ4n) is 2.60. The van der Waals surface area contributed by atoms with Crippen LogP contribution in [0.1, 0.15) is 11.8 Å². The van der Waals surface area contributed by atoms with E-state index in [4.69, 9.17) is 14.6 Å². The SMILES string of the molecule is COc1ncnc2c1c(C#N)cn2C1O[C@H](CO)[C@@H](O)[C@H]1O. The van der Waals surface area contributed by atoms with E-state index in [0.717, 1.165) is 0 Å². The molecule has 1 aliphatic rings. The van der Waals surface area contributed by atoms with Crippen LogP contribution in [-0.4, -0.2) is 61.9 Å². The van der Waals surface area contributed by atoms with Crippen molar-refractivity contribution >= 4 is 11.0 Å². The summed E-state index contributed by atoms with van der Waals surface area (Å²) in [5, 5.41) is 38.8. The molecular formula is C13H14N4O5. The molecule has 0 aromatic carbocycles. The van der Waals surface area contributed by atoms with Crippen LogP contribution in [0.4, 0.5) is 0 Å². The number of nitrogens with zero attached hydrogens (tertiary/aromatic N) is 4. The van der Waals surface area contributed by atoms with Gasteiger partial charge in [-0.25, -0.2) is 9.97 Å². The second kappa shape index (κ2) is 5.51. The predicted octanol–water partition coefficient (Wildman–Crippen LogP) is -1.08. The van der Waals surface area contributed by atoms with Crippen molar-refractivity contribution in [3.8, 4) is 11.9 Å². The van der Waals surface area contributed by atoms with Gasteiger partial charge in [-0.15, -0.1) is 0 Å². The molecule has 4 atom stereocenters. The van der Waals surface area contributed by atoms with E-state index in [1.54, 1.807) is 0 Å². The van der Waals surface area contributed by atoms with Gasteiger partial charge in [-0.2, -0.15) is 5.26 Å². The normalized spacial score (nSPS) is 28.0.